The molecule has 5 heterocycles. The van der Waals surface area contributed by atoms with Gasteiger partial charge in [-0.15, -0.1) is 11.3 Å². The standard InChI is InChI=1S/C31H23N5OS/c1-19-10-11-30(38-19)23-8-5-9-26-24(23)13-28(34-26)31-25-14-27(33-17-29(25)35-36-31)21-12-22(16-32-15-21)37-18-20-6-3-2-4-7-20/h2-17,34H,18H2,1H3,(H,35,36). The average molecular weight is 514 g/mol. The van der Waals surface area contributed by atoms with Crippen molar-refractivity contribution in [3.05, 3.63) is 108 Å². The molecule has 0 unspecified atom stereocenters. The van der Waals surface area contributed by atoms with Crippen LogP contribution in [0.2, 0.25) is 0 Å². The lowest BCUT2D eigenvalue weighted by Crippen LogP contribution is -1.96. The number of rotatable bonds is 6. The van der Waals surface area contributed by atoms with Crippen molar-refractivity contribution < 1.29 is 4.74 Å². The minimum Gasteiger partial charge on any atom is -0.487 e. The van der Waals surface area contributed by atoms with Gasteiger partial charge in [-0.2, -0.15) is 5.10 Å². The zero-order valence-electron chi connectivity index (χ0n) is 20.6. The number of fused-ring (bicyclic) bond motifs is 2. The van der Waals surface area contributed by atoms with Crippen molar-refractivity contribution in [3.63, 3.8) is 0 Å². The third-order valence-electron chi connectivity index (χ3n) is 6.63. The van der Waals surface area contributed by atoms with Crippen LogP contribution in [0, 0.1) is 6.92 Å². The smallest absolute Gasteiger partial charge is 0.138 e. The molecule has 6 nitrogen and oxygen atoms in total. The normalized spacial score (nSPS) is 11.4. The summed E-state index contributed by atoms with van der Waals surface area (Å²) in [5, 5.41) is 9.96. The van der Waals surface area contributed by atoms with Crippen molar-refractivity contribution in [2.24, 2.45) is 0 Å². The van der Waals surface area contributed by atoms with E-state index in [1.54, 1.807) is 6.20 Å². The molecule has 7 aromatic rings. The van der Waals surface area contributed by atoms with E-state index in [4.69, 9.17) is 4.74 Å². The number of aromatic nitrogens is 5. The number of hydrogen-bond acceptors (Lipinski definition) is 5. The number of aromatic amines is 2. The van der Waals surface area contributed by atoms with Crippen molar-refractivity contribution in [3.8, 4) is 38.8 Å². The van der Waals surface area contributed by atoms with Gasteiger partial charge in [0.25, 0.3) is 0 Å². The second-order valence-electron chi connectivity index (χ2n) is 9.23. The van der Waals surface area contributed by atoms with Crippen LogP contribution in [0.5, 0.6) is 5.75 Å². The predicted octanol–water partition coefficient (Wildman–Crippen LogP) is 7.78. The second-order valence-corrected chi connectivity index (χ2v) is 10.5. The molecule has 5 aromatic heterocycles. The first-order valence-corrected chi connectivity index (χ1v) is 13.2. The second kappa shape index (κ2) is 9.28. The van der Waals surface area contributed by atoms with Crippen LogP contribution < -0.4 is 4.74 Å². The van der Waals surface area contributed by atoms with Crippen LogP contribution in [0.3, 0.4) is 0 Å². The molecule has 0 bridgehead atoms. The lowest BCUT2D eigenvalue weighted by atomic mass is 10.1. The maximum atomic E-state index is 5.99. The van der Waals surface area contributed by atoms with Crippen molar-refractivity contribution in [1.29, 1.82) is 0 Å². The molecule has 0 amide bonds. The molecule has 2 N–H and O–H groups in total. The van der Waals surface area contributed by atoms with E-state index in [-0.39, 0.29) is 0 Å². The third kappa shape index (κ3) is 4.13. The van der Waals surface area contributed by atoms with Gasteiger partial charge in [-0.25, -0.2) is 0 Å². The average Bonchev–Trinajstić information content (AvgIpc) is 3.70. The molecular weight excluding hydrogens is 490 g/mol. The molecular formula is C31H23N5OS. The Morgan fingerprint density at radius 3 is 2.63 bits per heavy atom. The van der Waals surface area contributed by atoms with Crippen LogP contribution in [0.15, 0.2) is 97.5 Å². The van der Waals surface area contributed by atoms with E-state index < -0.39 is 0 Å². The van der Waals surface area contributed by atoms with E-state index in [2.05, 4.69) is 74.5 Å². The molecule has 0 atom stereocenters. The number of aryl methyl sites for hydroxylation is 1. The van der Waals surface area contributed by atoms with Crippen LogP contribution in [0.1, 0.15) is 10.4 Å². The molecule has 0 saturated carbocycles. The molecule has 0 radical (unpaired) electrons. The summed E-state index contributed by atoms with van der Waals surface area (Å²) in [5.41, 5.74) is 7.81. The van der Waals surface area contributed by atoms with Gasteiger partial charge < -0.3 is 9.72 Å². The summed E-state index contributed by atoms with van der Waals surface area (Å²) in [4.78, 5) is 15.2. The minimum atomic E-state index is 0.484. The fourth-order valence-electron chi connectivity index (χ4n) is 4.74. The van der Waals surface area contributed by atoms with E-state index in [1.807, 2.05) is 60.1 Å². The molecule has 0 saturated heterocycles. The lowest BCUT2D eigenvalue weighted by Gasteiger charge is -2.08. The van der Waals surface area contributed by atoms with Gasteiger partial charge in [0.2, 0.25) is 0 Å². The van der Waals surface area contributed by atoms with E-state index >= 15 is 0 Å². The van der Waals surface area contributed by atoms with Crippen LogP contribution in [-0.2, 0) is 6.61 Å². The van der Waals surface area contributed by atoms with Gasteiger partial charge in [-0.1, -0.05) is 42.5 Å². The monoisotopic (exact) mass is 513 g/mol. The summed E-state index contributed by atoms with van der Waals surface area (Å²) in [5.74, 6) is 0.702. The number of nitrogens with zero attached hydrogens (tertiary/aromatic N) is 3. The Labute approximate surface area is 223 Å². The summed E-state index contributed by atoms with van der Waals surface area (Å²) in [6, 6.07) is 27.1. The quantitative estimate of drug-likeness (QED) is 0.238. The zero-order valence-corrected chi connectivity index (χ0v) is 21.4. The third-order valence-corrected chi connectivity index (χ3v) is 7.66. The molecule has 0 spiro atoms. The van der Waals surface area contributed by atoms with Gasteiger partial charge in [-0.3, -0.25) is 15.1 Å². The summed E-state index contributed by atoms with van der Waals surface area (Å²) < 4.78 is 5.99. The van der Waals surface area contributed by atoms with Crippen molar-refractivity contribution >= 4 is 33.1 Å². The molecule has 0 aliphatic heterocycles. The fourth-order valence-corrected chi connectivity index (χ4v) is 5.64. The predicted molar refractivity (Wildman–Crippen MR) is 153 cm³/mol. The Balaban J connectivity index is 1.24. The Hall–Kier alpha value is -4.75. The maximum absolute atomic E-state index is 5.99. The SMILES string of the molecule is Cc1ccc(-c2cccc3[nH]c(-c4n[nH]c5cnc(-c6cncc(OCc7ccccc7)c6)cc45)cc23)s1. The highest BCUT2D eigenvalue weighted by atomic mass is 32.1. The van der Waals surface area contributed by atoms with Gasteiger partial charge in [-0.05, 0) is 48.9 Å². The van der Waals surface area contributed by atoms with E-state index in [0.29, 0.717) is 12.4 Å². The van der Waals surface area contributed by atoms with E-state index in [9.17, 15) is 0 Å². The molecule has 7 heteroatoms. The lowest BCUT2D eigenvalue weighted by molar-refractivity contribution is 0.305. The van der Waals surface area contributed by atoms with Crippen molar-refractivity contribution in [2.75, 3.05) is 0 Å². The van der Waals surface area contributed by atoms with Gasteiger partial charge in [0.05, 0.1) is 29.3 Å². The number of thiophene rings is 1. The zero-order chi connectivity index (χ0) is 25.5. The summed E-state index contributed by atoms with van der Waals surface area (Å²) >= 11 is 1.81. The molecule has 0 fully saturated rings. The highest BCUT2D eigenvalue weighted by molar-refractivity contribution is 7.15. The molecule has 7 rings (SSSR count). The van der Waals surface area contributed by atoms with Crippen LogP contribution in [-0.4, -0.2) is 25.1 Å². The summed E-state index contributed by atoms with van der Waals surface area (Å²) in [6.45, 7) is 2.62. The maximum Gasteiger partial charge on any atom is 0.138 e. The highest BCUT2D eigenvalue weighted by Crippen LogP contribution is 2.37. The van der Waals surface area contributed by atoms with Crippen molar-refractivity contribution in [2.45, 2.75) is 13.5 Å². The van der Waals surface area contributed by atoms with Crippen molar-refractivity contribution in [1.82, 2.24) is 25.1 Å². The Kier molecular flexibility index (Phi) is 5.48. The first-order valence-electron chi connectivity index (χ1n) is 12.4. The molecule has 184 valence electrons. The number of nitrogens with one attached hydrogen (secondary N) is 2. The van der Waals surface area contributed by atoms with Crippen LogP contribution in [0.4, 0.5) is 0 Å². The molecule has 38 heavy (non-hydrogen) atoms. The minimum absolute atomic E-state index is 0.484. The first kappa shape index (κ1) is 22.4. The fraction of sp³-hybridized carbons (Fsp3) is 0.0645. The Bertz CT molecular complexity index is 1900. The van der Waals surface area contributed by atoms with Crippen LogP contribution >= 0.6 is 11.3 Å². The number of H-pyrrole nitrogens is 2. The van der Waals surface area contributed by atoms with Gasteiger partial charge in [0, 0.05) is 43.4 Å². The van der Waals surface area contributed by atoms with Gasteiger partial charge in [0.1, 0.15) is 18.1 Å². The molecule has 2 aromatic carbocycles. The number of hydrogen-bond donors (Lipinski definition) is 2. The van der Waals surface area contributed by atoms with Gasteiger partial charge in [0.15, 0.2) is 0 Å². The number of benzene rings is 2. The summed E-state index contributed by atoms with van der Waals surface area (Å²) in [7, 11) is 0. The van der Waals surface area contributed by atoms with E-state index in [1.165, 1.54) is 20.7 Å². The Morgan fingerprint density at radius 1 is 0.842 bits per heavy atom. The number of pyridine rings is 2. The topological polar surface area (TPSA) is 79.5 Å². The largest absolute Gasteiger partial charge is 0.487 e. The number of ether oxygens (including phenoxy) is 1. The highest BCUT2D eigenvalue weighted by Gasteiger charge is 2.15. The van der Waals surface area contributed by atoms with Gasteiger partial charge >= 0.3 is 0 Å². The Morgan fingerprint density at radius 2 is 1.76 bits per heavy atom. The molecule has 0 aliphatic carbocycles. The molecule has 0 aliphatic rings. The summed E-state index contributed by atoms with van der Waals surface area (Å²) in [6.07, 6.45) is 5.36. The van der Waals surface area contributed by atoms with Crippen LogP contribution in [0.25, 0.3) is 54.9 Å². The van der Waals surface area contributed by atoms with E-state index in [0.717, 1.165) is 44.6 Å². The first-order chi connectivity index (χ1) is 18.7.